The quantitative estimate of drug-likeness (QED) is 0.210. The number of aliphatic hydroxyl groups excluding tert-OH is 1. The Labute approximate surface area is 177 Å². The van der Waals surface area contributed by atoms with E-state index in [2.05, 4.69) is 0 Å². The Balaban J connectivity index is 2.05. The molecule has 162 valence electrons. The number of aliphatic hydroxyl groups is 1. The highest BCUT2D eigenvalue weighted by molar-refractivity contribution is 6.32. The summed E-state index contributed by atoms with van der Waals surface area (Å²) in [7, 11) is 0. The van der Waals surface area contributed by atoms with E-state index in [-0.39, 0.29) is 24.2 Å². The SMILES string of the molecule is O=C1CCCC(=O)C1=C(O)c1ccc([N+](=O)[O-])c(Oc2ccc(C(F)(F)F)cc2Cl)c1. The highest BCUT2D eigenvalue weighted by Crippen LogP contribution is 2.40. The maximum Gasteiger partial charge on any atom is 0.416 e. The molecular formula is C20H13ClF3NO6. The van der Waals surface area contributed by atoms with Crippen molar-refractivity contribution in [1.29, 1.82) is 0 Å². The van der Waals surface area contributed by atoms with Gasteiger partial charge in [0.05, 0.1) is 15.5 Å². The molecule has 1 N–H and O–H groups in total. The van der Waals surface area contributed by atoms with E-state index in [1.165, 1.54) is 0 Å². The van der Waals surface area contributed by atoms with Crippen molar-refractivity contribution in [2.75, 3.05) is 0 Å². The second-order valence-corrected chi connectivity index (χ2v) is 7.02. The molecule has 0 unspecified atom stereocenters. The van der Waals surface area contributed by atoms with E-state index in [1.807, 2.05) is 0 Å². The summed E-state index contributed by atoms with van der Waals surface area (Å²) in [6, 6.07) is 5.28. The number of ketones is 2. The molecule has 0 saturated heterocycles. The number of hydrogen-bond acceptors (Lipinski definition) is 6. The Morgan fingerprint density at radius 3 is 2.26 bits per heavy atom. The van der Waals surface area contributed by atoms with Crippen LogP contribution >= 0.6 is 11.6 Å². The summed E-state index contributed by atoms with van der Waals surface area (Å²) in [5, 5.41) is 21.3. The lowest BCUT2D eigenvalue weighted by Gasteiger charge is -2.15. The van der Waals surface area contributed by atoms with E-state index in [0.717, 1.165) is 24.3 Å². The van der Waals surface area contributed by atoms with Gasteiger partial charge in [-0.15, -0.1) is 0 Å². The first-order valence-corrected chi connectivity index (χ1v) is 9.20. The smallest absolute Gasteiger partial charge is 0.416 e. The van der Waals surface area contributed by atoms with Gasteiger partial charge < -0.3 is 9.84 Å². The van der Waals surface area contributed by atoms with Gasteiger partial charge >= 0.3 is 11.9 Å². The molecule has 7 nitrogen and oxygen atoms in total. The number of carbonyl (C=O) groups excluding carboxylic acids is 2. The number of benzene rings is 2. The van der Waals surface area contributed by atoms with Crippen molar-refractivity contribution in [1.82, 2.24) is 0 Å². The summed E-state index contributed by atoms with van der Waals surface area (Å²) in [5.74, 6) is -2.52. The van der Waals surface area contributed by atoms with Gasteiger partial charge in [-0.05, 0) is 36.8 Å². The second-order valence-electron chi connectivity index (χ2n) is 6.61. The summed E-state index contributed by atoms with van der Waals surface area (Å²) >= 11 is 5.84. The normalized spacial score (nSPS) is 14.5. The number of nitro benzene ring substituents is 1. The van der Waals surface area contributed by atoms with Gasteiger partial charge in [-0.25, -0.2) is 0 Å². The molecule has 0 aliphatic heterocycles. The lowest BCUT2D eigenvalue weighted by Crippen LogP contribution is -2.20. The van der Waals surface area contributed by atoms with Gasteiger partial charge in [0.15, 0.2) is 11.6 Å². The maximum atomic E-state index is 12.8. The van der Waals surface area contributed by atoms with Crippen LogP contribution in [-0.4, -0.2) is 21.6 Å². The lowest BCUT2D eigenvalue weighted by molar-refractivity contribution is -0.385. The van der Waals surface area contributed by atoms with Gasteiger partial charge in [0.1, 0.15) is 17.1 Å². The number of alkyl halides is 3. The highest BCUT2D eigenvalue weighted by Gasteiger charge is 2.32. The fraction of sp³-hybridized carbons (Fsp3) is 0.200. The first-order valence-electron chi connectivity index (χ1n) is 8.82. The van der Waals surface area contributed by atoms with E-state index in [1.54, 1.807) is 0 Å². The minimum atomic E-state index is -4.65. The summed E-state index contributed by atoms with van der Waals surface area (Å²) in [6.45, 7) is 0. The van der Waals surface area contributed by atoms with Crippen LogP contribution in [-0.2, 0) is 15.8 Å². The molecular weight excluding hydrogens is 443 g/mol. The second kappa shape index (κ2) is 8.38. The van der Waals surface area contributed by atoms with Crippen LogP contribution in [0.25, 0.3) is 5.76 Å². The zero-order valence-electron chi connectivity index (χ0n) is 15.5. The molecule has 2 aromatic carbocycles. The molecule has 0 atom stereocenters. The lowest BCUT2D eigenvalue weighted by atomic mass is 9.90. The Morgan fingerprint density at radius 2 is 1.71 bits per heavy atom. The maximum absolute atomic E-state index is 12.8. The topological polar surface area (TPSA) is 107 Å². The van der Waals surface area contributed by atoms with Crippen LogP contribution in [0, 0.1) is 10.1 Å². The average molecular weight is 456 g/mol. The van der Waals surface area contributed by atoms with Crippen LogP contribution in [0.1, 0.15) is 30.4 Å². The summed E-state index contributed by atoms with van der Waals surface area (Å²) < 4.78 is 43.8. The Bertz CT molecular complexity index is 1110. The molecule has 1 saturated carbocycles. The van der Waals surface area contributed by atoms with Crippen molar-refractivity contribution in [2.45, 2.75) is 25.4 Å². The third-order valence-electron chi connectivity index (χ3n) is 4.51. The Hall–Kier alpha value is -3.40. The fourth-order valence-corrected chi connectivity index (χ4v) is 3.21. The summed E-state index contributed by atoms with van der Waals surface area (Å²) in [4.78, 5) is 34.6. The number of allylic oxidation sites excluding steroid dienone is 1. The number of nitro groups is 1. The first kappa shape index (κ1) is 22.3. The van der Waals surface area contributed by atoms with E-state index >= 15 is 0 Å². The van der Waals surface area contributed by atoms with E-state index < -0.39 is 56.0 Å². The predicted octanol–water partition coefficient (Wildman–Crippen LogP) is 5.65. The molecule has 1 fully saturated rings. The van der Waals surface area contributed by atoms with E-state index in [9.17, 15) is 38.0 Å². The molecule has 0 spiro atoms. The highest BCUT2D eigenvalue weighted by atomic mass is 35.5. The van der Waals surface area contributed by atoms with Crippen LogP contribution < -0.4 is 4.74 Å². The number of carbonyl (C=O) groups is 2. The Morgan fingerprint density at radius 1 is 1.06 bits per heavy atom. The number of hydrogen-bond donors (Lipinski definition) is 1. The van der Waals surface area contributed by atoms with Crippen molar-refractivity contribution >= 4 is 34.6 Å². The van der Waals surface area contributed by atoms with Crippen LogP contribution in [0.15, 0.2) is 42.0 Å². The van der Waals surface area contributed by atoms with Gasteiger partial charge in [-0.2, -0.15) is 13.2 Å². The van der Waals surface area contributed by atoms with Crippen LogP contribution in [0.5, 0.6) is 11.5 Å². The van der Waals surface area contributed by atoms with E-state index in [0.29, 0.717) is 18.6 Å². The molecule has 1 aliphatic rings. The monoisotopic (exact) mass is 455 g/mol. The molecule has 2 aromatic rings. The third kappa shape index (κ3) is 4.69. The van der Waals surface area contributed by atoms with Crippen LogP contribution in [0.3, 0.4) is 0 Å². The number of rotatable bonds is 4. The molecule has 0 amide bonds. The van der Waals surface area contributed by atoms with E-state index in [4.69, 9.17) is 16.3 Å². The number of ether oxygens (including phenoxy) is 1. The standard InChI is InChI=1S/C20H13ClF3NO6/c21-12-9-11(20(22,23)24)5-7-16(12)31-17-8-10(4-6-13(17)25(29)30)19(28)18-14(26)2-1-3-15(18)27/h4-9,28H,1-3H2. The first-order chi connectivity index (χ1) is 14.5. The molecule has 0 heterocycles. The molecule has 0 radical (unpaired) electrons. The minimum absolute atomic E-state index is 0.0721. The minimum Gasteiger partial charge on any atom is -0.506 e. The summed E-state index contributed by atoms with van der Waals surface area (Å²) in [5.41, 5.74) is -2.12. The van der Waals surface area contributed by atoms with Crippen molar-refractivity contribution in [2.24, 2.45) is 0 Å². The van der Waals surface area contributed by atoms with Gasteiger partial charge in [-0.3, -0.25) is 19.7 Å². The van der Waals surface area contributed by atoms with Gasteiger partial charge in [0, 0.05) is 24.5 Å². The number of Topliss-reactive ketones (excluding diaryl/α,β-unsaturated/α-hetero) is 2. The van der Waals surface area contributed by atoms with Crippen molar-refractivity contribution in [3.8, 4) is 11.5 Å². The van der Waals surface area contributed by atoms with Gasteiger partial charge in [0.25, 0.3) is 0 Å². The van der Waals surface area contributed by atoms with Crippen LogP contribution in [0.2, 0.25) is 5.02 Å². The third-order valence-corrected chi connectivity index (χ3v) is 4.81. The number of halogens is 4. The van der Waals surface area contributed by atoms with Crippen molar-refractivity contribution < 1.29 is 37.5 Å². The molecule has 31 heavy (non-hydrogen) atoms. The van der Waals surface area contributed by atoms with Gasteiger partial charge in [-0.1, -0.05) is 11.6 Å². The molecule has 0 bridgehead atoms. The van der Waals surface area contributed by atoms with Crippen LogP contribution in [0.4, 0.5) is 18.9 Å². The zero-order chi connectivity index (χ0) is 22.9. The largest absolute Gasteiger partial charge is 0.506 e. The average Bonchev–Trinajstić information content (AvgIpc) is 2.68. The van der Waals surface area contributed by atoms with Gasteiger partial charge in [0.2, 0.25) is 5.75 Å². The number of nitrogens with zero attached hydrogens (tertiary/aromatic N) is 1. The zero-order valence-corrected chi connectivity index (χ0v) is 16.3. The summed E-state index contributed by atoms with van der Waals surface area (Å²) in [6.07, 6.45) is -4.15. The molecule has 0 aromatic heterocycles. The fourth-order valence-electron chi connectivity index (χ4n) is 3.00. The molecule has 3 rings (SSSR count). The Kier molecular flexibility index (Phi) is 6.03. The van der Waals surface area contributed by atoms with Crippen molar-refractivity contribution in [3.63, 3.8) is 0 Å². The molecule has 11 heteroatoms. The predicted molar refractivity (Wildman–Crippen MR) is 103 cm³/mol. The van der Waals surface area contributed by atoms with Crippen molar-refractivity contribution in [3.05, 3.63) is 68.2 Å². The molecule has 1 aliphatic carbocycles.